The van der Waals surface area contributed by atoms with Gasteiger partial charge in [-0.15, -0.1) is 0 Å². The number of rotatable bonds is 25. The van der Waals surface area contributed by atoms with Gasteiger partial charge in [-0.2, -0.15) is 0 Å². The largest absolute Gasteiger partial charge is 0.481 e. The summed E-state index contributed by atoms with van der Waals surface area (Å²) >= 11 is 0. The third kappa shape index (κ3) is 28.1. The first kappa shape index (κ1) is 32.0. The molecule has 0 spiro atoms. The highest BCUT2D eigenvalue weighted by Gasteiger charge is 2.00. The van der Waals surface area contributed by atoms with Crippen molar-refractivity contribution in [3.63, 3.8) is 0 Å². The molecule has 0 rings (SSSR count). The standard InChI is InChI=1S/C27H47NO6/c1-2-3-4-5-6-7-8-9-10-11-12-13-14-15-16-17-26(29)28-19-21-33-23-25-34-24-22-32-20-18-27(30)31/h3-4,6-7,9-10H,2,5,8,11-25H2,1H3,(H,28,29)(H,30,31)/b4-3-,7-6-,10-9-. The molecule has 0 aliphatic heterocycles. The lowest BCUT2D eigenvalue weighted by Gasteiger charge is -2.07. The number of aliphatic carboxylic acids is 1. The van der Waals surface area contributed by atoms with Crippen molar-refractivity contribution >= 4 is 11.9 Å². The van der Waals surface area contributed by atoms with Gasteiger partial charge in [0.2, 0.25) is 5.91 Å². The quantitative estimate of drug-likeness (QED) is 0.137. The molecule has 0 aliphatic carbocycles. The molecule has 0 heterocycles. The van der Waals surface area contributed by atoms with Gasteiger partial charge in [-0.25, -0.2) is 0 Å². The molecule has 2 N–H and O–H groups in total. The minimum atomic E-state index is -0.869. The molecule has 0 aliphatic rings. The van der Waals surface area contributed by atoms with Crippen LogP contribution in [0.4, 0.5) is 0 Å². The summed E-state index contributed by atoms with van der Waals surface area (Å²) in [6.45, 7) is 4.99. The predicted molar refractivity (Wildman–Crippen MR) is 137 cm³/mol. The van der Waals surface area contributed by atoms with Crippen LogP contribution in [0.15, 0.2) is 36.5 Å². The number of hydrogen-bond donors (Lipinski definition) is 2. The average Bonchev–Trinajstić information content (AvgIpc) is 2.82. The minimum Gasteiger partial charge on any atom is -0.481 e. The van der Waals surface area contributed by atoms with E-state index in [9.17, 15) is 9.59 Å². The third-order valence-corrected chi connectivity index (χ3v) is 4.83. The van der Waals surface area contributed by atoms with Crippen LogP contribution in [0.3, 0.4) is 0 Å². The Morgan fingerprint density at radius 3 is 1.91 bits per heavy atom. The summed E-state index contributed by atoms with van der Waals surface area (Å²) in [5.74, 6) is -0.786. The van der Waals surface area contributed by atoms with Gasteiger partial charge in [0.1, 0.15) is 0 Å². The maximum Gasteiger partial charge on any atom is 0.305 e. The summed E-state index contributed by atoms with van der Waals surface area (Å²) < 4.78 is 15.8. The van der Waals surface area contributed by atoms with Crippen molar-refractivity contribution in [3.05, 3.63) is 36.5 Å². The molecular formula is C27H47NO6. The lowest BCUT2D eigenvalue weighted by Crippen LogP contribution is -2.27. The molecule has 7 heteroatoms. The Labute approximate surface area is 206 Å². The first-order chi connectivity index (χ1) is 16.7. The highest BCUT2D eigenvalue weighted by molar-refractivity contribution is 5.75. The molecule has 0 saturated carbocycles. The van der Waals surface area contributed by atoms with Crippen molar-refractivity contribution in [2.24, 2.45) is 0 Å². The molecule has 1 amide bonds. The number of carbonyl (C=O) groups excluding carboxylic acids is 1. The minimum absolute atomic E-state index is 0.00305. The van der Waals surface area contributed by atoms with Crippen LogP contribution in [-0.2, 0) is 23.8 Å². The second-order valence-electron chi connectivity index (χ2n) is 7.93. The van der Waals surface area contributed by atoms with Gasteiger partial charge in [0.05, 0.1) is 46.1 Å². The zero-order valence-electron chi connectivity index (χ0n) is 21.2. The Bertz CT molecular complexity index is 559. The fourth-order valence-corrected chi connectivity index (χ4v) is 2.96. The van der Waals surface area contributed by atoms with E-state index in [1.54, 1.807) is 0 Å². The van der Waals surface area contributed by atoms with E-state index in [0.717, 1.165) is 38.5 Å². The number of carbonyl (C=O) groups is 2. The van der Waals surface area contributed by atoms with Crippen molar-refractivity contribution in [3.8, 4) is 0 Å². The van der Waals surface area contributed by atoms with Gasteiger partial charge >= 0.3 is 5.97 Å². The van der Waals surface area contributed by atoms with E-state index >= 15 is 0 Å². The van der Waals surface area contributed by atoms with E-state index in [4.69, 9.17) is 19.3 Å². The van der Waals surface area contributed by atoms with Gasteiger partial charge < -0.3 is 24.6 Å². The van der Waals surface area contributed by atoms with E-state index < -0.39 is 5.97 Å². The maximum absolute atomic E-state index is 11.8. The third-order valence-electron chi connectivity index (χ3n) is 4.83. The molecule has 0 radical (unpaired) electrons. The van der Waals surface area contributed by atoms with E-state index in [-0.39, 0.29) is 18.9 Å². The fraction of sp³-hybridized carbons (Fsp3) is 0.704. The van der Waals surface area contributed by atoms with Crippen LogP contribution < -0.4 is 5.32 Å². The van der Waals surface area contributed by atoms with Gasteiger partial charge in [0.25, 0.3) is 0 Å². The smallest absolute Gasteiger partial charge is 0.305 e. The molecule has 0 aromatic heterocycles. The van der Waals surface area contributed by atoms with Gasteiger partial charge in [0.15, 0.2) is 0 Å². The van der Waals surface area contributed by atoms with Crippen molar-refractivity contribution in [1.82, 2.24) is 5.32 Å². The number of amides is 1. The molecule has 0 unspecified atom stereocenters. The predicted octanol–water partition coefficient (Wildman–Crippen LogP) is 5.22. The van der Waals surface area contributed by atoms with E-state index in [0.29, 0.717) is 46.0 Å². The van der Waals surface area contributed by atoms with Crippen LogP contribution in [0.25, 0.3) is 0 Å². The first-order valence-electron chi connectivity index (χ1n) is 12.8. The summed E-state index contributed by atoms with van der Waals surface area (Å²) in [5, 5.41) is 11.3. The van der Waals surface area contributed by atoms with Crippen molar-refractivity contribution in [1.29, 1.82) is 0 Å². The number of unbranched alkanes of at least 4 members (excludes halogenated alkanes) is 5. The molecule has 7 nitrogen and oxygen atoms in total. The molecule has 0 saturated heterocycles. The van der Waals surface area contributed by atoms with Crippen molar-refractivity contribution < 1.29 is 28.9 Å². The summed E-state index contributed by atoms with van der Waals surface area (Å²) in [4.78, 5) is 22.1. The van der Waals surface area contributed by atoms with Crippen LogP contribution in [0, 0.1) is 0 Å². The maximum atomic E-state index is 11.8. The van der Waals surface area contributed by atoms with Crippen LogP contribution in [0.5, 0.6) is 0 Å². The van der Waals surface area contributed by atoms with Gasteiger partial charge in [-0.05, 0) is 38.5 Å². The lowest BCUT2D eigenvalue weighted by molar-refractivity contribution is -0.138. The van der Waals surface area contributed by atoms with Crippen LogP contribution in [0.1, 0.15) is 77.6 Å². The summed E-state index contributed by atoms with van der Waals surface area (Å²) in [5.41, 5.74) is 0. The number of hydrogen-bond acceptors (Lipinski definition) is 5. The van der Waals surface area contributed by atoms with Crippen LogP contribution in [-0.4, -0.2) is 63.2 Å². The second kappa shape index (κ2) is 27.3. The Morgan fingerprint density at radius 1 is 0.676 bits per heavy atom. The topological polar surface area (TPSA) is 94.1 Å². The van der Waals surface area contributed by atoms with E-state index in [1.165, 1.54) is 19.3 Å². The molecule has 0 aromatic rings. The zero-order valence-corrected chi connectivity index (χ0v) is 21.2. The van der Waals surface area contributed by atoms with Gasteiger partial charge in [0, 0.05) is 13.0 Å². The molecular weight excluding hydrogens is 434 g/mol. The number of carboxylic acids is 1. The van der Waals surface area contributed by atoms with Gasteiger partial charge in [-0.1, -0.05) is 62.6 Å². The van der Waals surface area contributed by atoms with Crippen LogP contribution in [0.2, 0.25) is 0 Å². The molecule has 0 bridgehead atoms. The Hall–Kier alpha value is -1.96. The monoisotopic (exact) mass is 481 g/mol. The molecule has 0 atom stereocenters. The Morgan fingerprint density at radius 2 is 1.24 bits per heavy atom. The van der Waals surface area contributed by atoms with Crippen LogP contribution >= 0.6 is 0 Å². The lowest BCUT2D eigenvalue weighted by atomic mass is 10.1. The number of carboxylic acid groups (broad SMARTS) is 1. The molecule has 0 aromatic carbocycles. The Balaban J connectivity index is 3.27. The highest BCUT2D eigenvalue weighted by atomic mass is 16.5. The summed E-state index contributed by atoms with van der Waals surface area (Å²) in [6, 6.07) is 0. The molecule has 0 fully saturated rings. The summed E-state index contributed by atoms with van der Waals surface area (Å²) in [7, 11) is 0. The van der Waals surface area contributed by atoms with E-state index in [1.807, 2.05) is 0 Å². The molecule has 196 valence electrons. The van der Waals surface area contributed by atoms with E-state index in [2.05, 4.69) is 48.7 Å². The summed E-state index contributed by atoms with van der Waals surface area (Å²) in [6.07, 6.45) is 23.8. The average molecular weight is 482 g/mol. The second-order valence-corrected chi connectivity index (χ2v) is 7.93. The van der Waals surface area contributed by atoms with Crippen molar-refractivity contribution in [2.75, 3.05) is 46.2 Å². The number of ether oxygens (including phenoxy) is 3. The fourth-order valence-electron chi connectivity index (χ4n) is 2.96. The Kier molecular flexibility index (Phi) is 25.7. The van der Waals surface area contributed by atoms with Gasteiger partial charge in [-0.3, -0.25) is 9.59 Å². The molecule has 34 heavy (non-hydrogen) atoms. The van der Waals surface area contributed by atoms with Crippen molar-refractivity contribution in [2.45, 2.75) is 77.6 Å². The normalized spacial score (nSPS) is 11.8. The first-order valence-corrected chi connectivity index (χ1v) is 12.8. The zero-order chi connectivity index (χ0) is 25.0. The highest BCUT2D eigenvalue weighted by Crippen LogP contribution is 2.08. The number of nitrogens with one attached hydrogen (secondary N) is 1. The number of allylic oxidation sites excluding steroid dienone is 6. The SMILES string of the molecule is CC/C=C\C/C=C\C/C=C\CCCCCCCC(=O)NCCOCCOCCOCCC(=O)O.